The van der Waals surface area contributed by atoms with Gasteiger partial charge in [0.25, 0.3) is 0 Å². The first kappa shape index (κ1) is 15.0. The standard InChI is InChI=1S/C15H32N2/c1-7-10-16-14-13(8-9-15(14,4)5)17(6)11-12(2)3/h12-14,16H,7-11H2,1-6H3. The van der Waals surface area contributed by atoms with Gasteiger partial charge in [-0.3, -0.25) is 0 Å². The summed E-state index contributed by atoms with van der Waals surface area (Å²) >= 11 is 0. The Morgan fingerprint density at radius 1 is 1.35 bits per heavy atom. The molecule has 1 aliphatic rings. The van der Waals surface area contributed by atoms with Gasteiger partial charge in [-0.05, 0) is 44.2 Å². The summed E-state index contributed by atoms with van der Waals surface area (Å²) < 4.78 is 0. The number of nitrogens with one attached hydrogen (secondary N) is 1. The van der Waals surface area contributed by atoms with Crippen molar-refractivity contribution in [3.63, 3.8) is 0 Å². The maximum absolute atomic E-state index is 3.78. The van der Waals surface area contributed by atoms with Gasteiger partial charge in [0.05, 0.1) is 0 Å². The predicted molar refractivity (Wildman–Crippen MR) is 76.4 cm³/mol. The highest BCUT2D eigenvalue weighted by Crippen LogP contribution is 2.39. The highest BCUT2D eigenvalue weighted by atomic mass is 15.2. The van der Waals surface area contributed by atoms with Crippen LogP contribution in [0.25, 0.3) is 0 Å². The Morgan fingerprint density at radius 3 is 2.53 bits per heavy atom. The monoisotopic (exact) mass is 240 g/mol. The van der Waals surface area contributed by atoms with Gasteiger partial charge in [-0.15, -0.1) is 0 Å². The van der Waals surface area contributed by atoms with Crippen molar-refractivity contribution in [3.8, 4) is 0 Å². The summed E-state index contributed by atoms with van der Waals surface area (Å²) in [6, 6.07) is 1.38. The molecule has 0 spiro atoms. The van der Waals surface area contributed by atoms with Gasteiger partial charge in [0.1, 0.15) is 0 Å². The Balaban J connectivity index is 2.63. The van der Waals surface area contributed by atoms with Gasteiger partial charge in [-0.2, -0.15) is 0 Å². The Hall–Kier alpha value is -0.0800. The van der Waals surface area contributed by atoms with Crippen LogP contribution in [0, 0.1) is 11.3 Å². The van der Waals surface area contributed by atoms with E-state index in [2.05, 4.69) is 51.9 Å². The molecule has 1 fully saturated rings. The molecule has 1 rings (SSSR count). The lowest BCUT2D eigenvalue weighted by Crippen LogP contribution is -2.51. The second kappa shape index (κ2) is 6.19. The molecule has 1 saturated carbocycles. The van der Waals surface area contributed by atoms with E-state index < -0.39 is 0 Å². The topological polar surface area (TPSA) is 15.3 Å². The number of hydrogen-bond acceptors (Lipinski definition) is 2. The van der Waals surface area contributed by atoms with E-state index in [1.54, 1.807) is 0 Å². The number of nitrogens with zero attached hydrogens (tertiary/aromatic N) is 1. The molecule has 1 aliphatic carbocycles. The minimum Gasteiger partial charge on any atom is -0.312 e. The summed E-state index contributed by atoms with van der Waals surface area (Å²) in [7, 11) is 2.30. The summed E-state index contributed by atoms with van der Waals surface area (Å²) in [5.74, 6) is 0.760. The van der Waals surface area contributed by atoms with Crippen molar-refractivity contribution in [3.05, 3.63) is 0 Å². The molecule has 0 radical (unpaired) electrons. The third-order valence-electron chi connectivity index (χ3n) is 4.14. The highest BCUT2D eigenvalue weighted by Gasteiger charge is 2.42. The summed E-state index contributed by atoms with van der Waals surface area (Å²) in [6.45, 7) is 14.1. The fraction of sp³-hybridized carbons (Fsp3) is 1.00. The molecule has 0 aromatic carbocycles. The van der Waals surface area contributed by atoms with Crippen LogP contribution in [-0.4, -0.2) is 37.1 Å². The molecule has 2 unspecified atom stereocenters. The molecule has 0 aliphatic heterocycles. The van der Waals surface area contributed by atoms with Gasteiger partial charge in [-0.25, -0.2) is 0 Å². The van der Waals surface area contributed by atoms with E-state index >= 15 is 0 Å². The van der Waals surface area contributed by atoms with Crippen LogP contribution in [0.3, 0.4) is 0 Å². The van der Waals surface area contributed by atoms with E-state index in [-0.39, 0.29) is 0 Å². The molecular weight excluding hydrogens is 208 g/mol. The molecule has 2 nitrogen and oxygen atoms in total. The summed E-state index contributed by atoms with van der Waals surface area (Å²) in [5, 5.41) is 3.78. The molecule has 0 aromatic rings. The predicted octanol–water partition coefficient (Wildman–Crippen LogP) is 3.13. The average molecular weight is 240 g/mol. The first-order valence-corrected chi connectivity index (χ1v) is 7.32. The Labute approximate surface area is 108 Å². The molecule has 1 N–H and O–H groups in total. The number of rotatable bonds is 6. The molecule has 0 bridgehead atoms. The van der Waals surface area contributed by atoms with Crippen molar-refractivity contribution < 1.29 is 0 Å². The minimum absolute atomic E-state index is 0.449. The van der Waals surface area contributed by atoms with Gasteiger partial charge in [0.2, 0.25) is 0 Å². The fourth-order valence-electron chi connectivity index (χ4n) is 3.26. The largest absolute Gasteiger partial charge is 0.312 e. The molecule has 2 atom stereocenters. The molecule has 0 aromatic heterocycles. The van der Waals surface area contributed by atoms with Gasteiger partial charge < -0.3 is 10.2 Å². The Kier molecular flexibility index (Phi) is 5.46. The van der Waals surface area contributed by atoms with E-state index in [9.17, 15) is 0 Å². The third-order valence-corrected chi connectivity index (χ3v) is 4.14. The molecule has 0 amide bonds. The molecule has 102 valence electrons. The van der Waals surface area contributed by atoms with Gasteiger partial charge in [-0.1, -0.05) is 34.6 Å². The van der Waals surface area contributed by atoms with Crippen LogP contribution >= 0.6 is 0 Å². The van der Waals surface area contributed by atoms with Crippen LogP contribution < -0.4 is 5.32 Å². The van der Waals surface area contributed by atoms with Crippen LogP contribution in [0.15, 0.2) is 0 Å². The smallest absolute Gasteiger partial charge is 0.0274 e. The van der Waals surface area contributed by atoms with E-state index in [1.807, 2.05) is 0 Å². The van der Waals surface area contributed by atoms with Crippen LogP contribution in [0.5, 0.6) is 0 Å². The van der Waals surface area contributed by atoms with Crippen molar-refractivity contribution in [2.45, 2.75) is 66.0 Å². The quantitative estimate of drug-likeness (QED) is 0.767. The molecular formula is C15H32N2. The lowest BCUT2D eigenvalue weighted by Gasteiger charge is -2.36. The van der Waals surface area contributed by atoms with Crippen LogP contribution in [0.1, 0.15) is 53.9 Å². The lowest BCUT2D eigenvalue weighted by atomic mass is 9.86. The van der Waals surface area contributed by atoms with Gasteiger partial charge in [0.15, 0.2) is 0 Å². The third kappa shape index (κ3) is 3.96. The second-order valence-electron chi connectivity index (χ2n) is 6.86. The highest BCUT2D eigenvalue weighted by molar-refractivity contribution is 5.00. The Morgan fingerprint density at radius 2 is 2.00 bits per heavy atom. The summed E-state index contributed by atoms with van der Waals surface area (Å²) in [5.41, 5.74) is 0.449. The molecule has 0 heterocycles. The van der Waals surface area contributed by atoms with E-state index in [0.29, 0.717) is 11.5 Å². The zero-order chi connectivity index (χ0) is 13.1. The van der Waals surface area contributed by atoms with E-state index in [1.165, 1.54) is 25.8 Å². The molecule has 2 heteroatoms. The zero-order valence-electron chi connectivity index (χ0n) is 12.7. The molecule has 0 saturated heterocycles. The first-order valence-electron chi connectivity index (χ1n) is 7.32. The SMILES string of the molecule is CCCNC1C(N(C)CC(C)C)CCC1(C)C. The van der Waals surface area contributed by atoms with Crippen molar-refractivity contribution >= 4 is 0 Å². The van der Waals surface area contributed by atoms with E-state index in [4.69, 9.17) is 0 Å². The van der Waals surface area contributed by atoms with Crippen LogP contribution in [0.4, 0.5) is 0 Å². The summed E-state index contributed by atoms with van der Waals surface area (Å²) in [6.07, 6.45) is 3.92. The zero-order valence-corrected chi connectivity index (χ0v) is 12.7. The van der Waals surface area contributed by atoms with Crippen LogP contribution in [-0.2, 0) is 0 Å². The number of likely N-dealkylation sites (N-methyl/N-ethyl adjacent to an activating group) is 1. The normalized spacial score (nSPS) is 28.2. The fourth-order valence-corrected chi connectivity index (χ4v) is 3.26. The average Bonchev–Trinajstić information content (AvgIpc) is 2.50. The van der Waals surface area contributed by atoms with Crippen molar-refractivity contribution in [1.82, 2.24) is 10.2 Å². The van der Waals surface area contributed by atoms with Gasteiger partial charge >= 0.3 is 0 Å². The van der Waals surface area contributed by atoms with Crippen molar-refractivity contribution in [1.29, 1.82) is 0 Å². The van der Waals surface area contributed by atoms with Crippen molar-refractivity contribution in [2.24, 2.45) is 11.3 Å². The second-order valence-corrected chi connectivity index (χ2v) is 6.86. The maximum atomic E-state index is 3.78. The molecule has 17 heavy (non-hydrogen) atoms. The van der Waals surface area contributed by atoms with E-state index in [0.717, 1.165) is 18.5 Å². The van der Waals surface area contributed by atoms with Crippen molar-refractivity contribution in [2.75, 3.05) is 20.1 Å². The first-order chi connectivity index (χ1) is 7.88. The minimum atomic E-state index is 0.449. The lowest BCUT2D eigenvalue weighted by molar-refractivity contribution is 0.158. The summed E-state index contributed by atoms with van der Waals surface area (Å²) in [4.78, 5) is 2.58. The Bertz CT molecular complexity index is 223. The number of hydrogen-bond donors (Lipinski definition) is 1. The maximum Gasteiger partial charge on any atom is 0.0274 e. The van der Waals surface area contributed by atoms with Crippen LogP contribution in [0.2, 0.25) is 0 Å². The van der Waals surface area contributed by atoms with Gasteiger partial charge in [0, 0.05) is 18.6 Å².